The Labute approximate surface area is 212 Å². The van der Waals surface area contributed by atoms with Crippen molar-refractivity contribution in [2.75, 3.05) is 29.3 Å². The fraction of sp³-hybridized carbons (Fsp3) is 0.400. The number of amides is 1. The molecule has 0 aliphatic carbocycles. The molecule has 1 unspecified atom stereocenters. The molecule has 0 radical (unpaired) electrons. The Kier molecular flexibility index (Phi) is 5.79. The van der Waals surface area contributed by atoms with Crippen molar-refractivity contribution in [1.82, 2.24) is 19.9 Å². The Bertz CT molecular complexity index is 1450. The predicted molar refractivity (Wildman–Crippen MR) is 141 cm³/mol. The van der Waals surface area contributed by atoms with Crippen LogP contribution in [0.4, 0.5) is 23.4 Å². The molecule has 0 saturated carbocycles. The van der Waals surface area contributed by atoms with Gasteiger partial charge in [0.1, 0.15) is 17.3 Å². The zero-order valence-corrected chi connectivity index (χ0v) is 21.7. The summed E-state index contributed by atoms with van der Waals surface area (Å²) in [6, 6.07) is 10.6. The van der Waals surface area contributed by atoms with Gasteiger partial charge in [-0.1, -0.05) is 19.1 Å². The van der Waals surface area contributed by atoms with E-state index in [4.69, 9.17) is 14.7 Å². The van der Waals surface area contributed by atoms with Crippen LogP contribution >= 0.6 is 0 Å². The monoisotopic (exact) mass is 509 g/mol. The second kappa shape index (κ2) is 8.59. The molecule has 10 nitrogen and oxygen atoms in total. The zero-order chi connectivity index (χ0) is 25.7. The summed E-state index contributed by atoms with van der Waals surface area (Å²) in [5.41, 5.74) is 0.439. The third-order valence-electron chi connectivity index (χ3n) is 6.51. The van der Waals surface area contributed by atoms with Crippen molar-refractivity contribution in [2.45, 2.75) is 44.2 Å². The van der Waals surface area contributed by atoms with Crippen molar-refractivity contribution < 1.29 is 15.2 Å². The number of rotatable bonds is 4. The zero-order valence-electron chi connectivity index (χ0n) is 20.9. The average molecular weight is 510 g/mol. The fourth-order valence-corrected chi connectivity index (χ4v) is 5.30. The minimum atomic E-state index is -2.38. The standard InChI is InChI=1S/C25H29N7O3S.H2/c1-24(2)13-18-25(3,15-35-24)16-14-27-23(30-22(33)17-9-6-7-12-26-17)29-21(16)32(18)20-11-8-10-19(28-20)31-36(4,5)34;/h6-12,14,18H,13,15H2,1-5H3,(H,27,29,30,33);1H/t18-,25?;/m1./s1. The number of pyridine rings is 2. The molecule has 11 heteroatoms. The van der Waals surface area contributed by atoms with E-state index in [0.29, 0.717) is 24.1 Å². The van der Waals surface area contributed by atoms with Crippen molar-refractivity contribution in [2.24, 2.45) is 4.36 Å². The predicted octanol–water partition coefficient (Wildman–Crippen LogP) is 4.10. The summed E-state index contributed by atoms with van der Waals surface area (Å²) in [5, 5.41) is 2.75. The summed E-state index contributed by atoms with van der Waals surface area (Å²) in [6.07, 6.45) is 7.19. The lowest BCUT2D eigenvalue weighted by atomic mass is 9.73. The molecular weight excluding hydrogens is 478 g/mol. The molecule has 2 atom stereocenters. The van der Waals surface area contributed by atoms with E-state index in [2.05, 4.69) is 45.3 Å². The number of carbonyl (C=O) groups excluding carboxylic acids is 1. The van der Waals surface area contributed by atoms with Gasteiger partial charge < -0.3 is 9.64 Å². The van der Waals surface area contributed by atoms with Crippen LogP contribution in [0.2, 0.25) is 0 Å². The quantitative estimate of drug-likeness (QED) is 0.558. The van der Waals surface area contributed by atoms with Crippen LogP contribution in [0.5, 0.6) is 0 Å². The van der Waals surface area contributed by atoms with Gasteiger partial charge in [-0.2, -0.15) is 9.35 Å². The highest BCUT2D eigenvalue weighted by atomic mass is 32.2. The topological polar surface area (TPSA) is 123 Å². The summed E-state index contributed by atoms with van der Waals surface area (Å²) < 4.78 is 22.8. The molecule has 190 valence electrons. The Hall–Kier alpha value is -3.44. The summed E-state index contributed by atoms with van der Waals surface area (Å²) >= 11 is 0. The lowest BCUT2D eigenvalue weighted by Gasteiger charge is -2.46. The SMILES string of the molecule is CC1(C)C[C@H]2N(c3cccc(N=S(C)(C)=O)n3)c3nc(NC(=O)c4ccccn4)ncc3C2(C)CO1.[HH]. The van der Waals surface area contributed by atoms with E-state index >= 15 is 0 Å². The van der Waals surface area contributed by atoms with Crippen LogP contribution in [0.1, 0.15) is 44.7 Å². The van der Waals surface area contributed by atoms with Crippen molar-refractivity contribution in [3.05, 3.63) is 60.0 Å². The van der Waals surface area contributed by atoms with Crippen molar-refractivity contribution in [1.29, 1.82) is 0 Å². The number of aromatic nitrogens is 4. The molecule has 36 heavy (non-hydrogen) atoms. The highest BCUT2D eigenvalue weighted by molar-refractivity contribution is 7.92. The first kappa shape index (κ1) is 24.3. The van der Waals surface area contributed by atoms with Crippen LogP contribution in [0, 0.1) is 0 Å². The van der Waals surface area contributed by atoms with Gasteiger partial charge in [-0.05, 0) is 44.5 Å². The molecule has 0 spiro atoms. The van der Waals surface area contributed by atoms with Gasteiger partial charge in [0.25, 0.3) is 5.91 Å². The molecule has 1 amide bonds. The second-order valence-corrected chi connectivity index (χ2v) is 12.8. The number of anilines is 3. The number of fused-ring (bicyclic) bond motifs is 3. The molecule has 5 rings (SSSR count). The van der Waals surface area contributed by atoms with E-state index < -0.39 is 21.1 Å². The van der Waals surface area contributed by atoms with E-state index in [1.807, 2.05) is 12.1 Å². The molecule has 1 N–H and O–H groups in total. The van der Waals surface area contributed by atoms with Gasteiger partial charge in [-0.25, -0.2) is 14.2 Å². The Morgan fingerprint density at radius 1 is 1.17 bits per heavy atom. The summed E-state index contributed by atoms with van der Waals surface area (Å²) in [5.74, 6) is 1.44. The van der Waals surface area contributed by atoms with Crippen LogP contribution in [0.15, 0.2) is 53.2 Å². The van der Waals surface area contributed by atoms with Gasteiger partial charge in [-0.3, -0.25) is 15.1 Å². The molecule has 1 fully saturated rings. The first-order chi connectivity index (χ1) is 17.0. The van der Waals surface area contributed by atoms with Gasteiger partial charge in [0.15, 0.2) is 5.82 Å². The van der Waals surface area contributed by atoms with Gasteiger partial charge >= 0.3 is 0 Å². The normalized spacial score (nSPS) is 22.5. The Balaban J connectivity index is 0.00000320. The van der Waals surface area contributed by atoms with E-state index in [1.54, 1.807) is 49.2 Å². The van der Waals surface area contributed by atoms with Crippen molar-refractivity contribution in [3.63, 3.8) is 0 Å². The van der Waals surface area contributed by atoms with Crippen LogP contribution in [-0.4, -0.2) is 60.8 Å². The maximum atomic E-state index is 12.7. The third-order valence-corrected chi connectivity index (χ3v) is 7.14. The highest BCUT2D eigenvalue weighted by Gasteiger charge is 2.55. The molecule has 5 heterocycles. The number of hydrogen-bond donors (Lipinski definition) is 1. The van der Waals surface area contributed by atoms with Gasteiger partial charge in [0.05, 0.1) is 18.2 Å². The minimum absolute atomic E-state index is 0. The molecule has 3 aromatic rings. The molecular formula is C25H31N7O3S. The second-order valence-electron chi connectivity index (χ2n) is 10.3. The maximum absolute atomic E-state index is 12.7. The van der Waals surface area contributed by atoms with Crippen LogP contribution in [0.3, 0.4) is 0 Å². The summed E-state index contributed by atoms with van der Waals surface area (Å²) in [4.78, 5) is 32.8. The summed E-state index contributed by atoms with van der Waals surface area (Å²) in [6.45, 7) is 6.76. The van der Waals surface area contributed by atoms with Gasteiger partial charge in [-0.15, -0.1) is 0 Å². The van der Waals surface area contributed by atoms with E-state index in [1.165, 1.54) is 0 Å². The molecule has 0 aromatic carbocycles. The Morgan fingerprint density at radius 2 is 1.97 bits per heavy atom. The molecule has 1 saturated heterocycles. The minimum Gasteiger partial charge on any atom is -0.374 e. The highest BCUT2D eigenvalue weighted by Crippen LogP contribution is 2.53. The largest absolute Gasteiger partial charge is 0.374 e. The number of ether oxygens (including phenoxy) is 1. The van der Waals surface area contributed by atoms with Crippen molar-refractivity contribution >= 4 is 39.0 Å². The van der Waals surface area contributed by atoms with E-state index in [9.17, 15) is 9.00 Å². The average Bonchev–Trinajstić information content (AvgIpc) is 3.05. The smallest absolute Gasteiger partial charge is 0.276 e. The van der Waals surface area contributed by atoms with Crippen LogP contribution < -0.4 is 10.2 Å². The van der Waals surface area contributed by atoms with Crippen LogP contribution in [-0.2, 0) is 19.9 Å². The molecule has 0 bridgehead atoms. The van der Waals surface area contributed by atoms with Crippen LogP contribution in [0.25, 0.3) is 0 Å². The molecule has 2 aliphatic rings. The van der Waals surface area contributed by atoms with E-state index in [-0.39, 0.29) is 24.7 Å². The Morgan fingerprint density at radius 3 is 2.69 bits per heavy atom. The number of nitrogens with one attached hydrogen (secondary N) is 1. The lowest BCUT2D eigenvalue weighted by molar-refractivity contribution is -0.0893. The number of carbonyl (C=O) groups is 1. The van der Waals surface area contributed by atoms with Gasteiger partial charge in [0, 0.05) is 47.0 Å². The lowest BCUT2D eigenvalue weighted by Crippen LogP contribution is -2.54. The van der Waals surface area contributed by atoms with Gasteiger partial charge in [0.2, 0.25) is 5.95 Å². The maximum Gasteiger partial charge on any atom is 0.276 e. The van der Waals surface area contributed by atoms with Crippen molar-refractivity contribution in [3.8, 4) is 0 Å². The molecule has 3 aromatic heterocycles. The third kappa shape index (κ3) is 4.56. The number of nitrogens with zero attached hydrogens (tertiary/aromatic N) is 6. The van der Waals surface area contributed by atoms with E-state index in [0.717, 1.165) is 12.0 Å². The first-order valence-electron chi connectivity index (χ1n) is 11.6. The molecule has 2 aliphatic heterocycles. The summed E-state index contributed by atoms with van der Waals surface area (Å²) in [7, 11) is -2.38. The fourth-order valence-electron chi connectivity index (χ4n) is 4.75. The first-order valence-corrected chi connectivity index (χ1v) is 14.0. The number of hydrogen-bond acceptors (Lipinski definition) is 9.